The summed E-state index contributed by atoms with van der Waals surface area (Å²) in [4.78, 5) is 24.6. The Balaban J connectivity index is 2.39. The summed E-state index contributed by atoms with van der Waals surface area (Å²) < 4.78 is 11.3. The van der Waals surface area contributed by atoms with Crippen molar-refractivity contribution in [2.75, 3.05) is 0 Å². The summed E-state index contributed by atoms with van der Waals surface area (Å²) in [7, 11) is 0. The Labute approximate surface area is 148 Å². The number of para-hydroxylation sites is 1. The molecule has 6 heteroatoms. The predicted octanol–water partition coefficient (Wildman–Crippen LogP) is 3.30. The van der Waals surface area contributed by atoms with Crippen LogP contribution in [0.2, 0.25) is 0 Å². The molecule has 0 saturated carbocycles. The summed E-state index contributed by atoms with van der Waals surface area (Å²) in [6.07, 6.45) is 0.468. The first-order chi connectivity index (χ1) is 11.8. The van der Waals surface area contributed by atoms with Crippen LogP contribution in [0.5, 0.6) is 5.75 Å². The first-order valence-electron chi connectivity index (χ1n) is 8.55. The fourth-order valence-electron chi connectivity index (χ4n) is 2.67. The van der Waals surface area contributed by atoms with Crippen molar-refractivity contribution in [1.82, 2.24) is 10.6 Å². The van der Waals surface area contributed by atoms with E-state index in [1.165, 1.54) is 0 Å². The Morgan fingerprint density at radius 3 is 2.60 bits per heavy atom. The number of carbonyl (C=O) groups excluding carboxylic acids is 2. The number of nitrogens with one attached hydrogen (secondary N) is 2. The van der Waals surface area contributed by atoms with Crippen molar-refractivity contribution < 1.29 is 19.1 Å². The molecule has 1 aliphatic heterocycles. The molecule has 0 bridgehead atoms. The van der Waals surface area contributed by atoms with Crippen LogP contribution in [0.25, 0.3) is 0 Å². The molecule has 0 spiro atoms. The summed E-state index contributed by atoms with van der Waals surface area (Å²) >= 11 is 0. The van der Waals surface area contributed by atoms with Gasteiger partial charge < -0.3 is 20.1 Å². The molecule has 1 heterocycles. The highest BCUT2D eigenvalue weighted by molar-refractivity contribution is 5.85. The molecule has 1 aromatic rings. The Morgan fingerprint density at radius 1 is 1.28 bits per heavy atom. The van der Waals surface area contributed by atoms with Crippen LogP contribution in [-0.2, 0) is 9.53 Å². The molecule has 25 heavy (non-hydrogen) atoms. The van der Waals surface area contributed by atoms with Gasteiger partial charge in [0.05, 0.1) is 18.2 Å². The van der Waals surface area contributed by atoms with Crippen LogP contribution in [0.3, 0.4) is 0 Å². The molecule has 1 saturated heterocycles. The van der Waals surface area contributed by atoms with Gasteiger partial charge in [-0.05, 0) is 33.3 Å². The zero-order valence-corrected chi connectivity index (χ0v) is 15.2. The second-order valence-corrected chi connectivity index (χ2v) is 6.44. The topological polar surface area (TPSA) is 76.7 Å². The van der Waals surface area contributed by atoms with E-state index in [1.807, 2.05) is 52.0 Å². The Hall–Kier alpha value is -2.50. The van der Waals surface area contributed by atoms with Gasteiger partial charge in [-0.3, -0.25) is 4.79 Å². The van der Waals surface area contributed by atoms with E-state index in [0.29, 0.717) is 17.9 Å². The monoisotopic (exact) mass is 346 g/mol. The molecular weight excluding hydrogens is 320 g/mol. The summed E-state index contributed by atoms with van der Waals surface area (Å²) in [6, 6.07) is 6.35. The van der Waals surface area contributed by atoms with Gasteiger partial charge >= 0.3 is 12.0 Å². The summed E-state index contributed by atoms with van der Waals surface area (Å²) in [6.45, 7) is 11.5. The third-order valence-electron chi connectivity index (χ3n) is 4.03. The van der Waals surface area contributed by atoms with Crippen LogP contribution < -0.4 is 15.4 Å². The number of hydrogen-bond acceptors (Lipinski definition) is 4. The van der Waals surface area contributed by atoms with E-state index in [9.17, 15) is 9.59 Å². The van der Waals surface area contributed by atoms with Crippen molar-refractivity contribution in [2.24, 2.45) is 5.92 Å². The van der Waals surface area contributed by atoms with Gasteiger partial charge in [0.25, 0.3) is 0 Å². The number of benzene rings is 1. The number of rotatable bonds is 6. The largest absolute Gasteiger partial charge is 0.491 e. The fourth-order valence-corrected chi connectivity index (χ4v) is 2.67. The normalized spacial score (nSPS) is 21.3. The lowest BCUT2D eigenvalue weighted by molar-refractivity contribution is -0.153. The van der Waals surface area contributed by atoms with Crippen molar-refractivity contribution in [3.8, 4) is 5.75 Å². The second-order valence-electron chi connectivity index (χ2n) is 6.44. The van der Waals surface area contributed by atoms with Gasteiger partial charge in [0.15, 0.2) is 0 Å². The first kappa shape index (κ1) is 18.8. The van der Waals surface area contributed by atoms with Crippen molar-refractivity contribution in [1.29, 1.82) is 0 Å². The van der Waals surface area contributed by atoms with Crippen LogP contribution in [0, 0.1) is 5.92 Å². The van der Waals surface area contributed by atoms with Crippen molar-refractivity contribution in [2.45, 2.75) is 52.4 Å². The van der Waals surface area contributed by atoms with Crippen molar-refractivity contribution in [3.63, 3.8) is 0 Å². The van der Waals surface area contributed by atoms with Gasteiger partial charge in [-0.25, -0.2) is 4.79 Å². The van der Waals surface area contributed by atoms with Crippen LogP contribution in [0.1, 0.15) is 45.7 Å². The summed E-state index contributed by atoms with van der Waals surface area (Å²) in [5.41, 5.74) is 1.04. The first-order valence-corrected chi connectivity index (χ1v) is 8.55. The Morgan fingerprint density at radius 2 is 1.96 bits per heavy atom. The van der Waals surface area contributed by atoms with Gasteiger partial charge in [0, 0.05) is 11.3 Å². The van der Waals surface area contributed by atoms with Gasteiger partial charge in [-0.2, -0.15) is 0 Å². The quantitative estimate of drug-likeness (QED) is 0.775. The molecule has 1 fully saturated rings. The van der Waals surface area contributed by atoms with Crippen LogP contribution in [-0.4, -0.2) is 24.2 Å². The van der Waals surface area contributed by atoms with E-state index < -0.39 is 24.0 Å². The highest BCUT2D eigenvalue weighted by Crippen LogP contribution is 2.36. The zero-order chi connectivity index (χ0) is 18.6. The molecule has 0 aromatic heterocycles. The molecule has 3 unspecified atom stereocenters. The minimum atomic E-state index is -0.733. The number of carbonyl (C=O) groups is 2. The smallest absolute Gasteiger partial charge is 0.319 e. The molecule has 2 rings (SSSR count). The number of hydrogen-bond donors (Lipinski definition) is 2. The maximum absolute atomic E-state index is 12.7. The minimum Gasteiger partial charge on any atom is -0.491 e. The molecule has 136 valence electrons. The molecule has 0 radical (unpaired) electrons. The van der Waals surface area contributed by atoms with Crippen LogP contribution >= 0.6 is 0 Å². The van der Waals surface area contributed by atoms with E-state index in [4.69, 9.17) is 9.47 Å². The Kier molecular flexibility index (Phi) is 6.07. The van der Waals surface area contributed by atoms with Gasteiger partial charge in [0.1, 0.15) is 11.7 Å². The lowest BCUT2D eigenvalue weighted by Crippen LogP contribution is -2.51. The van der Waals surface area contributed by atoms with E-state index in [1.54, 1.807) is 0 Å². The van der Waals surface area contributed by atoms with E-state index >= 15 is 0 Å². The minimum absolute atomic E-state index is 0.0349. The van der Waals surface area contributed by atoms with Gasteiger partial charge in [-0.15, -0.1) is 0 Å². The zero-order valence-electron chi connectivity index (χ0n) is 15.2. The Bertz CT molecular complexity index is 657. The average molecular weight is 346 g/mol. The number of urea groups is 1. The second kappa shape index (κ2) is 8.05. The van der Waals surface area contributed by atoms with Gasteiger partial charge in [-0.1, -0.05) is 31.7 Å². The maximum Gasteiger partial charge on any atom is 0.319 e. The van der Waals surface area contributed by atoms with Crippen molar-refractivity contribution in [3.05, 3.63) is 42.1 Å². The molecule has 2 amide bonds. The van der Waals surface area contributed by atoms with E-state index in [2.05, 4.69) is 17.2 Å². The summed E-state index contributed by atoms with van der Waals surface area (Å²) in [5.74, 6) is -0.529. The molecule has 1 aliphatic rings. The molecule has 2 N–H and O–H groups in total. The fraction of sp³-hybridized carbons (Fsp3) is 0.474. The number of ether oxygens (including phenoxy) is 2. The number of amides is 2. The third-order valence-corrected chi connectivity index (χ3v) is 4.03. The average Bonchev–Trinajstić information content (AvgIpc) is 2.53. The molecular formula is C19H26N2O4. The lowest BCUT2D eigenvalue weighted by Gasteiger charge is -2.34. The summed E-state index contributed by atoms with van der Waals surface area (Å²) in [5, 5.41) is 5.38. The van der Waals surface area contributed by atoms with Crippen LogP contribution in [0.4, 0.5) is 4.79 Å². The van der Waals surface area contributed by atoms with Crippen LogP contribution in [0.15, 0.2) is 36.5 Å². The van der Waals surface area contributed by atoms with E-state index in [0.717, 1.165) is 5.56 Å². The molecule has 1 aromatic carbocycles. The highest BCUT2D eigenvalue weighted by Gasteiger charge is 2.40. The standard InChI is InChI=1S/C19H26N2O4/c1-6-12(4)25-18(22)16-13(5)20-19(23)21-17(16)14-9-7-8-10-15(14)24-11(2)3/h7-12,16-17H,5-6H2,1-4H3,(H2,20,21,23). The third kappa shape index (κ3) is 4.53. The lowest BCUT2D eigenvalue weighted by atomic mass is 9.88. The van der Waals surface area contributed by atoms with Crippen molar-refractivity contribution >= 4 is 12.0 Å². The molecule has 3 atom stereocenters. The van der Waals surface area contributed by atoms with E-state index in [-0.39, 0.29) is 12.2 Å². The predicted molar refractivity (Wildman–Crippen MR) is 95.1 cm³/mol. The highest BCUT2D eigenvalue weighted by atomic mass is 16.5. The molecule has 0 aliphatic carbocycles. The number of esters is 1. The molecule has 6 nitrogen and oxygen atoms in total. The van der Waals surface area contributed by atoms with Gasteiger partial charge in [0.2, 0.25) is 0 Å². The maximum atomic E-state index is 12.7. The SMILES string of the molecule is C=C1NC(=O)NC(c2ccccc2OC(C)C)C1C(=O)OC(C)CC.